The molecule has 0 N–H and O–H groups in total. The number of sulfone groups is 1. The first-order chi connectivity index (χ1) is 8.95. The molecule has 0 spiro atoms. The molecule has 1 heterocycles. The van der Waals surface area contributed by atoms with E-state index in [9.17, 15) is 13.2 Å². The van der Waals surface area contributed by atoms with E-state index in [0.29, 0.717) is 5.82 Å². The van der Waals surface area contributed by atoms with Crippen LogP contribution < -0.4 is 0 Å². The van der Waals surface area contributed by atoms with Crippen molar-refractivity contribution in [2.24, 2.45) is 0 Å². The molecule has 20 heavy (non-hydrogen) atoms. The molecule has 114 valence electrons. The maximum Gasteiger partial charge on any atom is 0.244 e. The van der Waals surface area contributed by atoms with E-state index < -0.39 is 26.7 Å². The van der Waals surface area contributed by atoms with Gasteiger partial charge in [0.1, 0.15) is 11.0 Å². The number of aromatic nitrogens is 2. The molecule has 0 aromatic carbocycles. The molecule has 0 bridgehead atoms. The zero-order valence-electron chi connectivity index (χ0n) is 12.7. The molecule has 0 aliphatic rings. The standard InChI is InChI=1S/C12H21N3O4S/c1-8(20(17,18)7-9(16)15(5)6)10-13-11(14-19-10)12(2,3)4/h8H,7H2,1-6H3/t8-/m1/s1. The van der Waals surface area contributed by atoms with Gasteiger partial charge in [0.2, 0.25) is 11.8 Å². The maximum absolute atomic E-state index is 12.1. The number of amides is 1. The van der Waals surface area contributed by atoms with Gasteiger partial charge in [0.25, 0.3) is 0 Å². The van der Waals surface area contributed by atoms with Crippen molar-refractivity contribution in [1.82, 2.24) is 15.0 Å². The minimum atomic E-state index is -3.68. The summed E-state index contributed by atoms with van der Waals surface area (Å²) in [4.78, 5) is 16.9. The van der Waals surface area contributed by atoms with Crippen LogP contribution in [0.25, 0.3) is 0 Å². The van der Waals surface area contributed by atoms with Crippen LogP contribution in [0.3, 0.4) is 0 Å². The van der Waals surface area contributed by atoms with Crippen molar-refractivity contribution in [3.05, 3.63) is 11.7 Å². The molecule has 7 nitrogen and oxygen atoms in total. The van der Waals surface area contributed by atoms with Crippen LogP contribution in [0.5, 0.6) is 0 Å². The van der Waals surface area contributed by atoms with Gasteiger partial charge in [-0.1, -0.05) is 25.9 Å². The fourth-order valence-electron chi connectivity index (χ4n) is 1.28. The topological polar surface area (TPSA) is 93.4 Å². The molecular weight excluding hydrogens is 282 g/mol. The summed E-state index contributed by atoms with van der Waals surface area (Å²) in [5, 5.41) is 2.79. The van der Waals surface area contributed by atoms with E-state index in [1.54, 1.807) is 0 Å². The van der Waals surface area contributed by atoms with Gasteiger partial charge in [-0.25, -0.2) is 8.42 Å². The highest BCUT2D eigenvalue weighted by molar-refractivity contribution is 7.92. The Labute approximate surface area is 119 Å². The van der Waals surface area contributed by atoms with Crippen molar-refractivity contribution in [2.75, 3.05) is 19.8 Å². The average Bonchev–Trinajstić information content (AvgIpc) is 2.75. The third kappa shape index (κ3) is 3.78. The Morgan fingerprint density at radius 3 is 2.30 bits per heavy atom. The summed E-state index contributed by atoms with van der Waals surface area (Å²) < 4.78 is 29.3. The van der Waals surface area contributed by atoms with Crippen molar-refractivity contribution in [3.63, 3.8) is 0 Å². The van der Waals surface area contributed by atoms with Crippen LogP contribution in [0.4, 0.5) is 0 Å². The molecule has 1 atom stereocenters. The normalized spacial score (nSPS) is 14.1. The van der Waals surface area contributed by atoms with Gasteiger partial charge in [-0.2, -0.15) is 4.98 Å². The van der Waals surface area contributed by atoms with Gasteiger partial charge in [-0.3, -0.25) is 4.79 Å². The lowest BCUT2D eigenvalue weighted by Gasteiger charge is -2.13. The second-order valence-corrected chi connectivity index (χ2v) is 8.27. The molecule has 0 unspecified atom stereocenters. The molecule has 0 aliphatic carbocycles. The SMILES string of the molecule is C[C@H](c1nc(C(C)(C)C)no1)S(=O)(=O)CC(=O)N(C)C. The second-order valence-electron chi connectivity index (χ2n) is 5.94. The number of rotatable bonds is 4. The van der Waals surface area contributed by atoms with Crippen LogP contribution in [-0.4, -0.2) is 49.2 Å². The van der Waals surface area contributed by atoms with Gasteiger partial charge in [0.15, 0.2) is 15.7 Å². The lowest BCUT2D eigenvalue weighted by Crippen LogP contribution is -2.31. The second kappa shape index (κ2) is 5.51. The van der Waals surface area contributed by atoms with Crippen molar-refractivity contribution >= 4 is 15.7 Å². The van der Waals surface area contributed by atoms with Crippen LogP contribution in [0.15, 0.2) is 4.52 Å². The molecule has 1 rings (SSSR count). The molecule has 0 fully saturated rings. The minimum absolute atomic E-state index is 0.0153. The maximum atomic E-state index is 12.1. The van der Waals surface area contributed by atoms with Crippen molar-refractivity contribution < 1.29 is 17.7 Å². The quantitative estimate of drug-likeness (QED) is 0.821. The fraction of sp³-hybridized carbons (Fsp3) is 0.750. The fourth-order valence-corrected chi connectivity index (χ4v) is 2.54. The van der Waals surface area contributed by atoms with E-state index in [2.05, 4.69) is 10.1 Å². The molecule has 1 aromatic rings. The first-order valence-corrected chi connectivity index (χ1v) is 7.92. The van der Waals surface area contributed by atoms with E-state index in [0.717, 1.165) is 0 Å². The molecule has 0 aliphatic heterocycles. The number of carbonyl (C=O) groups is 1. The largest absolute Gasteiger partial charge is 0.348 e. The third-order valence-corrected chi connectivity index (χ3v) is 4.75. The van der Waals surface area contributed by atoms with Gasteiger partial charge in [-0.05, 0) is 6.92 Å². The predicted octanol–water partition coefficient (Wildman–Crippen LogP) is 0.931. The Morgan fingerprint density at radius 2 is 1.90 bits per heavy atom. The summed E-state index contributed by atoms with van der Waals surface area (Å²) in [5.74, 6) is -0.601. The number of hydrogen-bond acceptors (Lipinski definition) is 6. The zero-order chi connectivity index (χ0) is 15.7. The summed E-state index contributed by atoms with van der Waals surface area (Å²) in [5.41, 5.74) is -0.329. The summed E-state index contributed by atoms with van der Waals surface area (Å²) in [6.45, 7) is 7.14. The zero-order valence-corrected chi connectivity index (χ0v) is 13.5. The Morgan fingerprint density at radius 1 is 1.35 bits per heavy atom. The van der Waals surface area contributed by atoms with Gasteiger partial charge >= 0.3 is 0 Å². The van der Waals surface area contributed by atoms with Crippen molar-refractivity contribution in [3.8, 4) is 0 Å². The monoisotopic (exact) mass is 303 g/mol. The summed E-state index contributed by atoms with van der Waals surface area (Å²) in [6.07, 6.45) is 0. The predicted molar refractivity (Wildman–Crippen MR) is 73.9 cm³/mol. The molecule has 8 heteroatoms. The van der Waals surface area contributed by atoms with Crippen LogP contribution in [0.1, 0.15) is 44.7 Å². The molecular formula is C12H21N3O4S. The van der Waals surface area contributed by atoms with Crippen LogP contribution in [0, 0.1) is 0 Å². The highest BCUT2D eigenvalue weighted by atomic mass is 32.2. The highest BCUT2D eigenvalue weighted by Gasteiger charge is 2.32. The Hall–Kier alpha value is -1.44. The molecule has 0 radical (unpaired) electrons. The first kappa shape index (κ1) is 16.6. The summed E-state index contributed by atoms with van der Waals surface area (Å²) in [6, 6.07) is 0. The first-order valence-electron chi connectivity index (χ1n) is 6.21. The Bertz CT molecular complexity index is 584. The van der Waals surface area contributed by atoms with Crippen LogP contribution in [0.2, 0.25) is 0 Å². The van der Waals surface area contributed by atoms with E-state index in [1.807, 2.05) is 20.8 Å². The molecule has 1 amide bonds. The van der Waals surface area contributed by atoms with Gasteiger partial charge in [-0.15, -0.1) is 0 Å². The average molecular weight is 303 g/mol. The molecule has 1 aromatic heterocycles. The summed E-state index contributed by atoms with van der Waals surface area (Å²) in [7, 11) is -0.663. The van der Waals surface area contributed by atoms with Crippen LogP contribution in [-0.2, 0) is 20.0 Å². The number of carbonyl (C=O) groups excluding carboxylic acids is 1. The van der Waals surface area contributed by atoms with E-state index >= 15 is 0 Å². The molecule has 0 saturated carbocycles. The smallest absolute Gasteiger partial charge is 0.244 e. The van der Waals surface area contributed by atoms with E-state index in [1.165, 1.54) is 25.9 Å². The van der Waals surface area contributed by atoms with E-state index in [4.69, 9.17) is 4.52 Å². The minimum Gasteiger partial charge on any atom is -0.348 e. The lowest BCUT2D eigenvalue weighted by molar-refractivity contribution is -0.125. The number of hydrogen-bond donors (Lipinski definition) is 0. The Balaban J connectivity index is 2.97. The highest BCUT2D eigenvalue weighted by Crippen LogP contribution is 2.25. The van der Waals surface area contributed by atoms with Gasteiger partial charge < -0.3 is 9.42 Å². The van der Waals surface area contributed by atoms with Gasteiger partial charge in [0.05, 0.1) is 0 Å². The van der Waals surface area contributed by atoms with Crippen molar-refractivity contribution in [2.45, 2.75) is 38.4 Å². The molecule has 0 saturated heterocycles. The summed E-state index contributed by atoms with van der Waals surface area (Å²) >= 11 is 0. The lowest BCUT2D eigenvalue weighted by atomic mass is 9.96. The number of nitrogens with zero attached hydrogens (tertiary/aromatic N) is 3. The van der Waals surface area contributed by atoms with E-state index in [-0.39, 0.29) is 11.3 Å². The van der Waals surface area contributed by atoms with Gasteiger partial charge in [0, 0.05) is 19.5 Å². The Kier molecular flexibility index (Phi) is 4.58. The van der Waals surface area contributed by atoms with Crippen LogP contribution >= 0.6 is 0 Å². The third-order valence-electron chi connectivity index (χ3n) is 2.82. The van der Waals surface area contributed by atoms with Crippen molar-refractivity contribution in [1.29, 1.82) is 0 Å².